The molecule has 0 unspecified atom stereocenters. The maximum Gasteiger partial charge on any atom is 0.335 e. The molecule has 1 aliphatic rings. The number of barbiturate groups is 1. The number of benzene rings is 3. The molecule has 0 saturated carbocycles. The molecular formula is C27H20BrF2N3O6. The summed E-state index contributed by atoms with van der Waals surface area (Å²) in [4.78, 5) is 51.0. The van der Waals surface area contributed by atoms with Crippen molar-refractivity contribution in [2.45, 2.75) is 6.92 Å². The van der Waals surface area contributed by atoms with Gasteiger partial charge in [-0.2, -0.15) is 0 Å². The summed E-state index contributed by atoms with van der Waals surface area (Å²) in [5.41, 5.74) is 0.457. The molecule has 3 aromatic carbocycles. The van der Waals surface area contributed by atoms with Crippen LogP contribution in [0.4, 0.5) is 25.0 Å². The van der Waals surface area contributed by atoms with Gasteiger partial charge < -0.3 is 14.8 Å². The Morgan fingerprint density at radius 2 is 1.59 bits per heavy atom. The molecule has 0 radical (unpaired) electrons. The highest BCUT2D eigenvalue weighted by molar-refractivity contribution is 9.10. The van der Waals surface area contributed by atoms with E-state index < -0.39 is 35.4 Å². The molecule has 39 heavy (non-hydrogen) atoms. The largest absolute Gasteiger partial charge is 0.490 e. The fraction of sp³-hybridized carbons (Fsp3) is 0.111. The predicted octanol–water partition coefficient (Wildman–Crippen LogP) is 4.81. The van der Waals surface area contributed by atoms with Gasteiger partial charge in [0, 0.05) is 10.2 Å². The molecule has 0 bridgehead atoms. The lowest BCUT2D eigenvalue weighted by Crippen LogP contribution is -2.54. The van der Waals surface area contributed by atoms with Gasteiger partial charge in [-0.1, -0.05) is 15.9 Å². The zero-order chi connectivity index (χ0) is 28.1. The molecule has 5 amide bonds. The van der Waals surface area contributed by atoms with Gasteiger partial charge in [-0.15, -0.1) is 0 Å². The smallest absolute Gasteiger partial charge is 0.335 e. The van der Waals surface area contributed by atoms with Crippen LogP contribution in [-0.2, 0) is 14.4 Å². The first kappa shape index (κ1) is 27.5. The maximum atomic E-state index is 13.3. The van der Waals surface area contributed by atoms with Gasteiger partial charge in [-0.3, -0.25) is 19.7 Å². The standard InChI is InChI=1S/C27H20BrF2N3O6/c1-2-38-22-12-15(21(28)13-23(22)39-14-24(34)31-18-7-3-16(29)4-8-18)11-20-25(35)32-27(37)33(26(20)36)19-9-5-17(30)6-10-19/h3-13H,2,14H2,1H3,(H,31,34)(H,32,35,37)/b20-11+. The number of amides is 5. The van der Waals surface area contributed by atoms with E-state index in [0.29, 0.717) is 15.7 Å². The number of nitrogens with one attached hydrogen (secondary N) is 2. The molecule has 12 heteroatoms. The van der Waals surface area contributed by atoms with Gasteiger partial charge in [-0.05, 0) is 79.2 Å². The summed E-state index contributed by atoms with van der Waals surface area (Å²) in [7, 11) is 0. The average molecular weight is 600 g/mol. The molecular weight excluding hydrogens is 580 g/mol. The van der Waals surface area contributed by atoms with E-state index in [1.807, 2.05) is 0 Å². The van der Waals surface area contributed by atoms with Crippen molar-refractivity contribution in [3.63, 3.8) is 0 Å². The number of hydrogen-bond acceptors (Lipinski definition) is 6. The van der Waals surface area contributed by atoms with Crippen molar-refractivity contribution in [3.8, 4) is 11.5 Å². The number of nitrogens with zero attached hydrogens (tertiary/aromatic N) is 1. The molecule has 1 heterocycles. The lowest BCUT2D eigenvalue weighted by atomic mass is 10.1. The van der Waals surface area contributed by atoms with Gasteiger partial charge in [-0.25, -0.2) is 18.5 Å². The van der Waals surface area contributed by atoms with E-state index in [-0.39, 0.29) is 36.0 Å². The Balaban J connectivity index is 1.57. The summed E-state index contributed by atoms with van der Waals surface area (Å²) in [6.45, 7) is 1.58. The normalized spacial score (nSPS) is 14.3. The molecule has 0 spiro atoms. The second-order valence-corrected chi connectivity index (χ2v) is 8.89. The monoisotopic (exact) mass is 599 g/mol. The van der Waals surface area contributed by atoms with Crippen LogP contribution in [0.1, 0.15) is 12.5 Å². The van der Waals surface area contributed by atoms with Gasteiger partial charge in [0.25, 0.3) is 17.7 Å². The molecule has 1 fully saturated rings. The van der Waals surface area contributed by atoms with E-state index in [1.54, 1.807) is 6.92 Å². The van der Waals surface area contributed by atoms with E-state index >= 15 is 0 Å². The van der Waals surface area contributed by atoms with E-state index in [4.69, 9.17) is 9.47 Å². The van der Waals surface area contributed by atoms with Crippen LogP contribution in [0.25, 0.3) is 6.08 Å². The van der Waals surface area contributed by atoms with Crippen LogP contribution in [0.15, 0.2) is 70.7 Å². The first-order valence-corrected chi connectivity index (χ1v) is 12.3. The molecule has 0 aliphatic carbocycles. The number of carbonyl (C=O) groups is 4. The van der Waals surface area contributed by atoms with Crippen LogP contribution in [0.2, 0.25) is 0 Å². The third-order valence-corrected chi connectivity index (χ3v) is 6.02. The van der Waals surface area contributed by atoms with Gasteiger partial charge in [0.15, 0.2) is 18.1 Å². The second kappa shape index (κ2) is 11.9. The van der Waals surface area contributed by atoms with Crippen molar-refractivity contribution < 1.29 is 37.4 Å². The molecule has 4 rings (SSSR count). The average Bonchev–Trinajstić information content (AvgIpc) is 2.89. The number of anilines is 2. The molecule has 2 N–H and O–H groups in total. The lowest BCUT2D eigenvalue weighted by Gasteiger charge is -2.26. The fourth-order valence-corrected chi connectivity index (χ4v) is 3.99. The van der Waals surface area contributed by atoms with Crippen molar-refractivity contribution in [2.24, 2.45) is 0 Å². The lowest BCUT2D eigenvalue weighted by molar-refractivity contribution is -0.122. The Morgan fingerprint density at radius 1 is 0.974 bits per heavy atom. The second-order valence-electron chi connectivity index (χ2n) is 8.03. The van der Waals surface area contributed by atoms with Gasteiger partial charge in [0.05, 0.1) is 12.3 Å². The third kappa shape index (κ3) is 6.47. The number of urea groups is 1. The Kier molecular flexibility index (Phi) is 8.35. The first-order chi connectivity index (χ1) is 18.7. The van der Waals surface area contributed by atoms with Crippen molar-refractivity contribution in [1.29, 1.82) is 0 Å². The zero-order valence-electron chi connectivity index (χ0n) is 20.3. The summed E-state index contributed by atoms with van der Waals surface area (Å²) in [5, 5.41) is 4.68. The topological polar surface area (TPSA) is 114 Å². The summed E-state index contributed by atoms with van der Waals surface area (Å²) >= 11 is 3.37. The fourth-order valence-electron chi connectivity index (χ4n) is 3.55. The Morgan fingerprint density at radius 3 is 2.23 bits per heavy atom. The minimum Gasteiger partial charge on any atom is -0.490 e. The molecule has 9 nitrogen and oxygen atoms in total. The molecule has 0 atom stereocenters. The van der Waals surface area contributed by atoms with Crippen LogP contribution in [0, 0.1) is 11.6 Å². The highest BCUT2D eigenvalue weighted by Gasteiger charge is 2.37. The minimum atomic E-state index is -0.967. The predicted molar refractivity (Wildman–Crippen MR) is 141 cm³/mol. The summed E-state index contributed by atoms with van der Waals surface area (Å²) in [5.74, 6) is -2.89. The molecule has 1 aliphatic heterocycles. The Hall–Kier alpha value is -4.58. The molecule has 1 saturated heterocycles. The first-order valence-electron chi connectivity index (χ1n) is 11.5. The van der Waals surface area contributed by atoms with E-state index in [9.17, 15) is 28.0 Å². The summed E-state index contributed by atoms with van der Waals surface area (Å²) in [6, 6.07) is 11.9. The number of carbonyl (C=O) groups excluding carboxylic acids is 4. The van der Waals surface area contributed by atoms with Crippen molar-refractivity contribution in [1.82, 2.24) is 5.32 Å². The van der Waals surface area contributed by atoms with Crippen LogP contribution in [-0.4, -0.2) is 37.0 Å². The molecule has 200 valence electrons. The minimum absolute atomic E-state index is 0.0778. The van der Waals surface area contributed by atoms with Gasteiger partial charge in [0.1, 0.15) is 17.2 Å². The maximum absolute atomic E-state index is 13.3. The van der Waals surface area contributed by atoms with Gasteiger partial charge >= 0.3 is 6.03 Å². The number of halogens is 3. The molecule has 3 aromatic rings. The van der Waals surface area contributed by atoms with Crippen LogP contribution in [0.3, 0.4) is 0 Å². The van der Waals surface area contributed by atoms with Crippen molar-refractivity contribution in [2.75, 3.05) is 23.4 Å². The van der Waals surface area contributed by atoms with E-state index in [2.05, 4.69) is 26.6 Å². The third-order valence-electron chi connectivity index (χ3n) is 5.34. The summed E-state index contributed by atoms with van der Waals surface area (Å²) < 4.78 is 38.0. The zero-order valence-corrected chi connectivity index (χ0v) is 21.9. The number of imide groups is 2. The van der Waals surface area contributed by atoms with Crippen LogP contribution in [0.5, 0.6) is 11.5 Å². The van der Waals surface area contributed by atoms with Crippen molar-refractivity contribution >= 4 is 57.1 Å². The number of rotatable bonds is 8. The van der Waals surface area contributed by atoms with Crippen LogP contribution >= 0.6 is 15.9 Å². The van der Waals surface area contributed by atoms with Gasteiger partial charge in [0.2, 0.25) is 0 Å². The highest BCUT2D eigenvalue weighted by Crippen LogP contribution is 2.35. The SMILES string of the molecule is CCOc1cc(/C=C2\C(=O)NC(=O)N(c3ccc(F)cc3)C2=O)c(Br)cc1OCC(=O)Nc1ccc(F)cc1. The summed E-state index contributed by atoms with van der Waals surface area (Å²) in [6.07, 6.45) is 1.26. The quantitative estimate of drug-likeness (QED) is 0.284. The molecule has 0 aromatic heterocycles. The van der Waals surface area contributed by atoms with Crippen LogP contribution < -0.4 is 25.0 Å². The Labute approximate surface area is 229 Å². The van der Waals surface area contributed by atoms with E-state index in [1.165, 1.54) is 54.6 Å². The number of ether oxygens (including phenoxy) is 2. The highest BCUT2D eigenvalue weighted by atomic mass is 79.9. The Bertz CT molecular complexity index is 1480. The number of hydrogen-bond donors (Lipinski definition) is 2. The van der Waals surface area contributed by atoms with E-state index in [0.717, 1.165) is 17.0 Å². The van der Waals surface area contributed by atoms with Crippen molar-refractivity contribution in [3.05, 3.63) is 87.9 Å².